The SMILES string of the molecule is CCc1ccc(CCCCN(CCOC)CCC(Nc2ccnc3ccccc23)C(=O)O)nc1NC. The Balaban J connectivity index is 1.54. The van der Waals surface area contributed by atoms with Crippen LogP contribution in [0, 0.1) is 0 Å². The zero-order valence-electron chi connectivity index (χ0n) is 21.7. The third-order valence-corrected chi connectivity index (χ3v) is 6.43. The summed E-state index contributed by atoms with van der Waals surface area (Å²) >= 11 is 0. The molecular weight excluding hydrogens is 454 g/mol. The lowest BCUT2D eigenvalue weighted by Gasteiger charge is -2.24. The van der Waals surface area contributed by atoms with Crippen LogP contribution in [0.25, 0.3) is 10.9 Å². The van der Waals surface area contributed by atoms with Gasteiger partial charge in [-0.2, -0.15) is 0 Å². The molecule has 0 radical (unpaired) electrons. The molecule has 2 aromatic heterocycles. The average Bonchev–Trinajstić information content (AvgIpc) is 2.91. The number of nitrogens with zero attached hydrogens (tertiary/aromatic N) is 3. The fourth-order valence-electron chi connectivity index (χ4n) is 4.35. The van der Waals surface area contributed by atoms with E-state index in [-0.39, 0.29) is 0 Å². The van der Waals surface area contributed by atoms with Crippen LogP contribution in [-0.4, -0.2) is 72.4 Å². The van der Waals surface area contributed by atoms with E-state index in [2.05, 4.69) is 39.6 Å². The van der Waals surface area contributed by atoms with E-state index in [4.69, 9.17) is 9.72 Å². The van der Waals surface area contributed by atoms with E-state index in [0.29, 0.717) is 19.6 Å². The highest BCUT2D eigenvalue weighted by Crippen LogP contribution is 2.22. The Morgan fingerprint density at radius 3 is 2.69 bits per heavy atom. The third kappa shape index (κ3) is 7.90. The highest BCUT2D eigenvalue weighted by molar-refractivity contribution is 5.92. The molecule has 2 heterocycles. The summed E-state index contributed by atoms with van der Waals surface area (Å²) in [7, 11) is 3.61. The average molecular weight is 494 g/mol. The van der Waals surface area contributed by atoms with Gasteiger partial charge in [-0.15, -0.1) is 0 Å². The van der Waals surface area contributed by atoms with Gasteiger partial charge in [0.2, 0.25) is 0 Å². The van der Waals surface area contributed by atoms with Crippen molar-refractivity contribution in [2.75, 3.05) is 51.0 Å². The van der Waals surface area contributed by atoms with Crippen molar-refractivity contribution in [2.24, 2.45) is 0 Å². The molecule has 0 aliphatic carbocycles. The zero-order valence-corrected chi connectivity index (χ0v) is 21.7. The fourth-order valence-corrected chi connectivity index (χ4v) is 4.35. The topological polar surface area (TPSA) is 99.6 Å². The summed E-state index contributed by atoms with van der Waals surface area (Å²) in [6, 6.07) is 13.2. The van der Waals surface area contributed by atoms with Crippen LogP contribution in [0.5, 0.6) is 0 Å². The fraction of sp³-hybridized carbons (Fsp3) is 0.464. The summed E-state index contributed by atoms with van der Waals surface area (Å²) in [6.45, 7) is 5.08. The van der Waals surface area contributed by atoms with Gasteiger partial charge in [-0.3, -0.25) is 4.98 Å². The molecule has 3 N–H and O–H groups in total. The van der Waals surface area contributed by atoms with Crippen molar-refractivity contribution >= 4 is 28.4 Å². The molecule has 3 rings (SSSR count). The number of aromatic nitrogens is 2. The lowest BCUT2D eigenvalue weighted by atomic mass is 10.1. The van der Waals surface area contributed by atoms with Crippen LogP contribution in [0.4, 0.5) is 11.5 Å². The first-order valence-corrected chi connectivity index (χ1v) is 12.8. The monoisotopic (exact) mass is 493 g/mol. The molecule has 8 heteroatoms. The van der Waals surface area contributed by atoms with E-state index in [1.165, 1.54) is 5.56 Å². The maximum Gasteiger partial charge on any atom is 0.326 e. The van der Waals surface area contributed by atoms with Crippen LogP contribution in [0.1, 0.15) is 37.4 Å². The van der Waals surface area contributed by atoms with Crippen molar-refractivity contribution < 1.29 is 14.6 Å². The first-order valence-electron chi connectivity index (χ1n) is 12.8. The molecule has 0 aliphatic heterocycles. The van der Waals surface area contributed by atoms with Crippen molar-refractivity contribution in [3.05, 3.63) is 59.9 Å². The highest BCUT2D eigenvalue weighted by atomic mass is 16.5. The lowest BCUT2D eigenvalue weighted by Crippen LogP contribution is -2.36. The number of pyridine rings is 2. The number of unbranched alkanes of at least 4 members (excludes halogenated alkanes) is 1. The molecule has 0 saturated heterocycles. The van der Waals surface area contributed by atoms with Crippen LogP contribution in [0.2, 0.25) is 0 Å². The molecule has 36 heavy (non-hydrogen) atoms. The molecule has 1 aromatic carbocycles. The molecule has 0 bridgehead atoms. The second-order valence-electron chi connectivity index (χ2n) is 8.90. The number of fused-ring (bicyclic) bond motifs is 1. The Morgan fingerprint density at radius 1 is 1.11 bits per heavy atom. The molecule has 0 spiro atoms. The number of carboxylic acids is 1. The normalized spacial score (nSPS) is 12.1. The van der Waals surface area contributed by atoms with Gasteiger partial charge in [0.1, 0.15) is 11.9 Å². The van der Waals surface area contributed by atoms with Gasteiger partial charge in [-0.25, -0.2) is 9.78 Å². The van der Waals surface area contributed by atoms with E-state index < -0.39 is 12.0 Å². The minimum atomic E-state index is -0.857. The lowest BCUT2D eigenvalue weighted by molar-refractivity contribution is -0.138. The third-order valence-electron chi connectivity index (χ3n) is 6.43. The molecule has 8 nitrogen and oxygen atoms in total. The van der Waals surface area contributed by atoms with Gasteiger partial charge in [0, 0.05) is 50.2 Å². The summed E-state index contributed by atoms with van der Waals surface area (Å²) in [5, 5.41) is 17.2. The molecule has 0 fully saturated rings. The number of nitrogens with one attached hydrogen (secondary N) is 2. The van der Waals surface area contributed by atoms with Crippen molar-refractivity contribution in [3.63, 3.8) is 0 Å². The first-order chi connectivity index (χ1) is 17.5. The summed E-state index contributed by atoms with van der Waals surface area (Å²) < 4.78 is 5.30. The van der Waals surface area contributed by atoms with Gasteiger partial charge >= 0.3 is 5.97 Å². The number of aliphatic carboxylic acids is 1. The van der Waals surface area contributed by atoms with Crippen molar-refractivity contribution in [1.29, 1.82) is 0 Å². The number of carboxylic acid groups (broad SMARTS) is 1. The van der Waals surface area contributed by atoms with Crippen LogP contribution in [-0.2, 0) is 22.4 Å². The van der Waals surface area contributed by atoms with Gasteiger partial charge in [0.25, 0.3) is 0 Å². The minimum absolute atomic E-state index is 0.487. The molecule has 1 atom stereocenters. The largest absolute Gasteiger partial charge is 0.480 e. The second kappa shape index (κ2) is 14.4. The molecule has 194 valence electrons. The number of aryl methyl sites for hydroxylation is 2. The Morgan fingerprint density at radius 2 is 1.94 bits per heavy atom. The Kier molecular flexibility index (Phi) is 10.9. The quantitative estimate of drug-likeness (QED) is 0.252. The van der Waals surface area contributed by atoms with Gasteiger partial charge < -0.3 is 25.4 Å². The Bertz CT molecular complexity index is 1100. The standard InChI is InChI=1S/C28H39N5O3/c1-4-21-12-13-22(31-27(21)29-2)9-7-8-17-33(19-20-36-3)18-15-26(28(34)35)32-25-14-16-30-24-11-6-5-10-23(24)25/h5-6,10-14,16,26H,4,7-9,15,17-20H2,1-3H3,(H,29,31)(H,30,32)(H,34,35). The number of hydrogen-bond acceptors (Lipinski definition) is 7. The maximum atomic E-state index is 12.0. The van der Waals surface area contributed by atoms with Crippen LogP contribution in [0.3, 0.4) is 0 Å². The predicted octanol–water partition coefficient (Wildman–Crippen LogP) is 4.46. The van der Waals surface area contributed by atoms with E-state index in [0.717, 1.165) is 66.9 Å². The number of carbonyl (C=O) groups is 1. The molecule has 0 amide bonds. The van der Waals surface area contributed by atoms with Gasteiger partial charge in [-0.1, -0.05) is 31.2 Å². The number of methoxy groups -OCH3 is 1. The number of anilines is 2. The van der Waals surface area contributed by atoms with Crippen LogP contribution in [0.15, 0.2) is 48.7 Å². The van der Waals surface area contributed by atoms with E-state index >= 15 is 0 Å². The number of rotatable bonds is 16. The maximum absolute atomic E-state index is 12.0. The van der Waals surface area contributed by atoms with Gasteiger partial charge in [-0.05, 0) is 62.4 Å². The number of hydrogen-bond donors (Lipinski definition) is 3. The molecule has 1 unspecified atom stereocenters. The molecule has 0 aliphatic rings. The molecule has 3 aromatic rings. The van der Waals surface area contributed by atoms with E-state index in [9.17, 15) is 9.90 Å². The number of benzene rings is 1. The number of ether oxygens (including phenoxy) is 1. The summed E-state index contributed by atoms with van der Waals surface area (Å²) in [6.07, 6.45) is 6.11. The predicted molar refractivity (Wildman–Crippen MR) is 146 cm³/mol. The zero-order chi connectivity index (χ0) is 25.8. The van der Waals surface area contributed by atoms with Crippen molar-refractivity contribution in [3.8, 4) is 0 Å². The van der Waals surface area contributed by atoms with Crippen LogP contribution < -0.4 is 10.6 Å². The highest BCUT2D eigenvalue weighted by Gasteiger charge is 2.19. The van der Waals surface area contributed by atoms with Crippen LogP contribution >= 0.6 is 0 Å². The Labute approximate surface area is 214 Å². The smallest absolute Gasteiger partial charge is 0.326 e. The first kappa shape index (κ1) is 27.4. The summed E-state index contributed by atoms with van der Waals surface area (Å²) in [5.41, 5.74) is 3.96. The van der Waals surface area contributed by atoms with E-state index in [1.807, 2.05) is 37.4 Å². The van der Waals surface area contributed by atoms with Gasteiger partial charge in [0.15, 0.2) is 0 Å². The minimum Gasteiger partial charge on any atom is -0.480 e. The van der Waals surface area contributed by atoms with Crippen molar-refractivity contribution in [1.82, 2.24) is 14.9 Å². The van der Waals surface area contributed by atoms with Crippen molar-refractivity contribution in [2.45, 2.75) is 45.1 Å². The summed E-state index contributed by atoms with van der Waals surface area (Å²) in [5.74, 6) is 0.107. The molecule has 0 saturated carbocycles. The van der Waals surface area contributed by atoms with E-state index in [1.54, 1.807) is 13.3 Å². The van der Waals surface area contributed by atoms with Gasteiger partial charge in [0.05, 0.1) is 12.1 Å². The molecular formula is C28H39N5O3. The Hall–Kier alpha value is -3.23. The second-order valence-corrected chi connectivity index (χ2v) is 8.90. The number of para-hydroxylation sites is 1. The summed E-state index contributed by atoms with van der Waals surface area (Å²) in [4.78, 5) is 23.5.